The minimum atomic E-state index is -0.833. The Morgan fingerprint density at radius 2 is 1.90 bits per heavy atom. The first-order chi connectivity index (χ1) is 18.9. The fourth-order valence-corrected chi connectivity index (χ4v) is 4.53. The summed E-state index contributed by atoms with van der Waals surface area (Å²) in [5.74, 6) is 0.167. The summed E-state index contributed by atoms with van der Waals surface area (Å²) in [6, 6.07) is 15.2. The van der Waals surface area contributed by atoms with Gasteiger partial charge in [0.2, 0.25) is 11.7 Å². The van der Waals surface area contributed by atoms with Crippen molar-refractivity contribution in [1.29, 1.82) is 0 Å². The summed E-state index contributed by atoms with van der Waals surface area (Å²) >= 11 is 6.52. The average Bonchev–Trinajstić information content (AvgIpc) is 3.58. The van der Waals surface area contributed by atoms with Crippen LogP contribution in [0.1, 0.15) is 43.3 Å². The number of likely N-dealkylation sites (N-methyl/N-ethyl adjacent to an activating group) is 1. The van der Waals surface area contributed by atoms with E-state index in [1.54, 1.807) is 7.05 Å². The Labute approximate surface area is 231 Å². The van der Waals surface area contributed by atoms with Crippen LogP contribution in [0.25, 0.3) is 22.5 Å². The van der Waals surface area contributed by atoms with Gasteiger partial charge in [-0.15, -0.1) is 10.2 Å². The highest BCUT2D eigenvalue weighted by molar-refractivity contribution is 6.30. The standard InChI is InChI=1S/C27H31ClN8O3/c1-3-4-9-24-31-25(28)22(16-39-27(38)21(30-2)14-23(29)37)36(24)15-17-10-12-18(13-11-17)19-7-5-6-8-20(19)26-32-34-35-33-26/h5-8,10-13,21,30H,3-4,9,14-16H2,1-2H3,(H2,29,37)(H,32,33,34,35)/t21-/m1/s1. The molecular formula is C27H31ClN8O3. The van der Waals surface area contributed by atoms with Gasteiger partial charge in [0.1, 0.15) is 18.5 Å². The van der Waals surface area contributed by atoms with E-state index in [0.717, 1.165) is 47.3 Å². The number of benzene rings is 2. The predicted octanol–water partition coefficient (Wildman–Crippen LogP) is 3.28. The molecule has 0 fully saturated rings. The fraction of sp³-hybridized carbons (Fsp3) is 0.333. The maximum Gasteiger partial charge on any atom is 0.324 e. The number of aryl methyl sites for hydroxylation is 1. The van der Waals surface area contributed by atoms with Gasteiger partial charge in [0.25, 0.3) is 0 Å². The van der Waals surface area contributed by atoms with E-state index >= 15 is 0 Å². The molecule has 204 valence electrons. The second-order valence-corrected chi connectivity index (χ2v) is 9.41. The number of ether oxygens (including phenoxy) is 1. The maximum atomic E-state index is 12.5. The van der Waals surface area contributed by atoms with Gasteiger partial charge in [0.05, 0.1) is 12.1 Å². The van der Waals surface area contributed by atoms with Gasteiger partial charge in [0, 0.05) is 18.5 Å². The van der Waals surface area contributed by atoms with Crippen LogP contribution in [0, 0.1) is 0 Å². The molecule has 0 saturated heterocycles. The van der Waals surface area contributed by atoms with Gasteiger partial charge in [0.15, 0.2) is 5.15 Å². The Balaban J connectivity index is 1.57. The number of H-pyrrole nitrogens is 1. The first-order valence-electron chi connectivity index (χ1n) is 12.7. The fourth-order valence-electron chi connectivity index (χ4n) is 4.28. The number of hydrogen-bond acceptors (Lipinski definition) is 8. The number of halogens is 1. The number of carbonyl (C=O) groups is 2. The van der Waals surface area contributed by atoms with Crippen molar-refractivity contribution in [3.05, 3.63) is 70.8 Å². The van der Waals surface area contributed by atoms with Crippen LogP contribution >= 0.6 is 11.6 Å². The van der Waals surface area contributed by atoms with Gasteiger partial charge in [-0.3, -0.25) is 9.59 Å². The molecule has 0 saturated carbocycles. The predicted molar refractivity (Wildman–Crippen MR) is 146 cm³/mol. The summed E-state index contributed by atoms with van der Waals surface area (Å²) in [5, 5.41) is 17.5. The summed E-state index contributed by atoms with van der Waals surface area (Å²) in [4.78, 5) is 28.4. The SMILES string of the molecule is CCCCc1nc(Cl)c(COC(=O)[C@@H](CC(N)=O)NC)n1Cc1ccc(-c2ccccc2-c2nn[nH]n2)cc1. The Morgan fingerprint density at radius 3 is 2.54 bits per heavy atom. The van der Waals surface area contributed by atoms with Crippen molar-refractivity contribution < 1.29 is 14.3 Å². The number of imidazole rings is 1. The molecule has 12 heteroatoms. The van der Waals surface area contributed by atoms with E-state index in [9.17, 15) is 9.59 Å². The number of tetrazole rings is 1. The topological polar surface area (TPSA) is 154 Å². The molecule has 0 aliphatic heterocycles. The van der Waals surface area contributed by atoms with Crippen molar-refractivity contribution in [3.8, 4) is 22.5 Å². The Kier molecular flexibility index (Phi) is 9.40. The number of aromatic nitrogens is 6. The lowest BCUT2D eigenvalue weighted by atomic mass is 9.98. The minimum Gasteiger partial charge on any atom is -0.458 e. The van der Waals surface area contributed by atoms with E-state index in [1.807, 2.05) is 53.1 Å². The molecule has 4 N–H and O–H groups in total. The van der Waals surface area contributed by atoms with Crippen LogP contribution in [0.5, 0.6) is 0 Å². The molecule has 4 rings (SSSR count). The third kappa shape index (κ3) is 6.87. The van der Waals surface area contributed by atoms with E-state index in [0.29, 0.717) is 18.1 Å². The molecular weight excluding hydrogens is 520 g/mol. The van der Waals surface area contributed by atoms with Gasteiger partial charge in [-0.25, -0.2) is 4.98 Å². The highest BCUT2D eigenvalue weighted by Gasteiger charge is 2.23. The lowest BCUT2D eigenvalue weighted by Crippen LogP contribution is -2.39. The van der Waals surface area contributed by atoms with E-state index in [4.69, 9.17) is 22.1 Å². The van der Waals surface area contributed by atoms with E-state index in [2.05, 4.69) is 37.8 Å². The number of rotatable bonds is 13. The number of primary amides is 1. The van der Waals surface area contributed by atoms with Crippen molar-refractivity contribution in [2.45, 2.75) is 51.8 Å². The normalized spacial score (nSPS) is 11.9. The number of nitrogens with one attached hydrogen (secondary N) is 2. The third-order valence-corrected chi connectivity index (χ3v) is 6.67. The highest BCUT2D eigenvalue weighted by Crippen LogP contribution is 2.30. The second kappa shape index (κ2) is 13.1. The molecule has 0 aliphatic carbocycles. The van der Waals surface area contributed by atoms with Crippen LogP contribution in [0.2, 0.25) is 5.15 Å². The molecule has 1 atom stereocenters. The van der Waals surface area contributed by atoms with Crippen LogP contribution < -0.4 is 11.1 Å². The average molecular weight is 551 g/mol. The van der Waals surface area contributed by atoms with Gasteiger partial charge >= 0.3 is 5.97 Å². The highest BCUT2D eigenvalue weighted by atomic mass is 35.5. The first-order valence-corrected chi connectivity index (χ1v) is 13.1. The molecule has 0 aliphatic rings. The largest absolute Gasteiger partial charge is 0.458 e. The molecule has 0 unspecified atom stereocenters. The van der Waals surface area contributed by atoms with Gasteiger partial charge in [-0.05, 0) is 35.4 Å². The van der Waals surface area contributed by atoms with Crippen molar-refractivity contribution >= 4 is 23.5 Å². The zero-order chi connectivity index (χ0) is 27.8. The Morgan fingerprint density at radius 1 is 1.15 bits per heavy atom. The molecule has 11 nitrogen and oxygen atoms in total. The van der Waals surface area contributed by atoms with Crippen molar-refractivity contribution in [2.75, 3.05) is 7.05 Å². The van der Waals surface area contributed by atoms with Crippen molar-refractivity contribution in [1.82, 2.24) is 35.5 Å². The number of nitrogens with two attached hydrogens (primary N) is 1. The maximum absolute atomic E-state index is 12.5. The van der Waals surface area contributed by atoms with Crippen LogP contribution in [0.4, 0.5) is 0 Å². The van der Waals surface area contributed by atoms with Crippen LogP contribution in [-0.2, 0) is 33.9 Å². The minimum absolute atomic E-state index is 0.0795. The number of carbonyl (C=O) groups excluding carboxylic acids is 2. The number of unbranched alkanes of at least 4 members (excludes halogenated alkanes) is 1. The smallest absolute Gasteiger partial charge is 0.324 e. The van der Waals surface area contributed by atoms with Crippen molar-refractivity contribution in [3.63, 3.8) is 0 Å². The number of hydrogen-bond donors (Lipinski definition) is 3. The number of aromatic amines is 1. The Bertz CT molecular complexity index is 1400. The molecule has 0 radical (unpaired) electrons. The summed E-state index contributed by atoms with van der Waals surface area (Å²) in [5.41, 5.74) is 9.74. The zero-order valence-electron chi connectivity index (χ0n) is 21.9. The summed E-state index contributed by atoms with van der Waals surface area (Å²) in [6.45, 7) is 2.53. The van der Waals surface area contributed by atoms with Gasteiger partial charge in [-0.1, -0.05) is 73.5 Å². The molecule has 2 aromatic carbocycles. The Hall–Kier alpha value is -4.09. The van der Waals surface area contributed by atoms with E-state index < -0.39 is 17.9 Å². The van der Waals surface area contributed by atoms with Crippen molar-refractivity contribution in [2.24, 2.45) is 5.73 Å². The van der Waals surface area contributed by atoms with Crippen LogP contribution in [0.15, 0.2) is 48.5 Å². The monoisotopic (exact) mass is 550 g/mol. The summed E-state index contributed by atoms with van der Waals surface area (Å²) in [7, 11) is 1.57. The number of esters is 1. The second-order valence-electron chi connectivity index (χ2n) is 9.05. The summed E-state index contributed by atoms with van der Waals surface area (Å²) in [6.07, 6.45) is 2.52. The number of nitrogens with zero attached hydrogens (tertiary/aromatic N) is 5. The molecule has 4 aromatic rings. The van der Waals surface area contributed by atoms with E-state index in [1.165, 1.54) is 0 Å². The quantitative estimate of drug-likeness (QED) is 0.214. The summed E-state index contributed by atoms with van der Waals surface area (Å²) < 4.78 is 7.51. The lowest BCUT2D eigenvalue weighted by molar-refractivity contribution is -0.148. The first kappa shape index (κ1) is 27.9. The molecule has 2 aromatic heterocycles. The van der Waals surface area contributed by atoms with E-state index in [-0.39, 0.29) is 18.2 Å². The van der Waals surface area contributed by atoms with Crippen LogP contribution in [0.3, 0.4) is 0 Å². The van der Waals surface area contributed by atoms with Gasteiger partial charge < -0.3 is 20.4 Å². The lowest BCUT2D eigenvalue weighted by Gasteiger charge is -2.16. The third-order valence-electron chi connectivity index (χ3n) is 6.37. The molecule has 39 heavy (non-hydrogen) atoms. The molecule has 0 bridgehead atoms. The van der Waals surface area contributed by atoms with Gasteiger partial charge in [-0.2, -0.15) is 5.21 Å². The molecule has 0 spiro atoms. The molecule has 2 heterocycles. The zero-order valence-corrected chi connectivity index (χ0v) is 22.6. The number of amides is 1. The molecule has 1 amide bonds. The van der Waals surface area contributed by atoms with Crippen LogP contribution in [-0.4, -0.2) is 55.1 Å².